The molecule has 0 radical (unpaired) electrons. The summed E-state index contributed by atoms with van der Waals surface area (Å²) >= 11 is 0. The van der Waals surface area contributed by atoms with E-state index in [-0.39, 0.29) is 5.56 Å². The number of rotatable bonds is 5. The summed E-state index contributed by atoms with van der Waals surface area (Å²) < 4.78 is 0. The third kappa shape index (κ3) is 3.20. The van der Waals surface area contributed by atoms with E-state index in [1.165, 1.54) is 12.1 Å². The van der Waals surface area contributed by atoms with Crippen molar-refractivity contribution in [3.63, 3.8) is 0 Å². The van der Waals surface area contributed by atoms with Gasteiger partial charge >= 0.3 is 11.8 Å². The molecule has 1 heterocycles. The monoisotopic (exact) mass is 242 g/mol. The van der Waals surface area contributed by atoms with Gasteiger partial charge in [0.1, 0.15) is 12.3 Å². The van der Waals surface area contributed by atoms with Crippen molar-refractivity contribution in [3.05, 3.63) is 34.0 Å². The molecule has 0 aromatic carbocycles. The zero-order valence-electron chi connectivity index (χ0n) is 8.55. The fourth-order valence-electron chi connectivity index (χ4n) is 1.29. The molecular formula is C9H10N2O6. The lowest BCUT2D eigenvalue weighted by atomic mass is 10.0. The molecule has 92 valence electrons. The molecule has 1 aromatic rings. The van der Waals surface area contributed by atoms with Crippen LogP contribution in [0.1, 0.15) is 18.1 Å². The van der Waals surface area contributed by atoms with Gasteiger partial charge in [-0.05, 0) is 22.0 Å². The lowest BCUT2D eigenvalue weighted by Crippen LogP contribution is -2.22. The summed E-state index contributed by atoms with van der Waals surface area (Å²) in [5.74, 6) is -1.92. The van der Waals surface area contributed by atoms with Gasteiger partial charge < -0.3 is 25.4 Å². The maximum atomic E-state index is 10.6. The zero-order valence-corrected chi connectivity index (χ0v) is 8.55. The van der Waals surface area contributed by atoms with E-state index in [9.17, 15) is 25.1 Å². The first-order valence-corrected chi connectivity index (χ1v) is 4.60. The number of aromatic nitrogens is 1. The molecule has 0 aliphatic heterocycles. The highest BCUT2D eigenvalue weighted by Crippen LogP contribution is 2.25. The molecule has 8 nitrogen and oxygen atoms in total. The normalized spacial score (nSPS) is 14.0. The van der Waals surface area contributed by atoms with E-state index < -0.39 is 35.3 Å². The minimum atomic E-state index is -1.67. The molecule has 8 heteroatoms. The first-order chi connectivity index (χ1) is 7.93. The number of carbonyl (C=O) groups is 1. The number of aliphatic hydroxyl groups is 2. The van der Waals surface area contributed by atoms with Crippen LogP contribution in [-0.2, 0) is 4.79 Å². The average Bonchev–Trinajstić information content (AvgIpc) is 2.27. The number of pyridine rings is 1. The Morgan fingerprint density at radius 3 is 2.71 bits per heavy atom. The molecule has 0 fully saturated rings. The molecule has 0 spiro atoms. The highest BCUT2D eigenvalue weighted by Gasteiger charge is 2.28. The Hall–Kier alpha value is -2.06. The fourth-order valence-corrected chi connectivity index (χ4v) is 1.29. The number of carboxylic acid groups (broad SMARTS) is 1. The second-order valence-electron chi connectivity index (χ2n) is 3.28. The summed E-state index contributed by atoms with van der Waals surface area (Å²) in [4.78, 5) is 23.6. The second kappa shape index (κ2) is 5.32. The predicted octanol–water partition coefficient (Wildman–Crippen LogP) is -0.141. The third-order valence-electron chi connectivity index (χ3n) is 2.06. The van der Waals surface area contributed by atoms with Crippen molar-refractivity contribution in [2.75, 3.05) is 0 Å². The summed E-state index contributed by atoms with van der Waals surface area (Å²) in [6.45, 7) is 0. The summed E-state index contributed by atoms with van der Waals surface area (Å²) in [7, 11) is 0. The molecule has 0 saturated heterocycles. The molecular weight excluding hydrogens is 232 g/mol. The molecule has 1 rings (SSSR count). The Labute approximate surface area is 95.3 Å². The lowest BCUT2D eigenvalue weighted by molar-refractivity contribution is -0.391. The van der Waals surface area contributed by atoms with Crippen molar-refractivity contribution in [2.24, 2.45) is 0 Å². The molecule has 3 N–H and O–H groups in total. The molecule has 2 atom stereocenters. The van der Waals surface area contributed by atoms with E-state index in [2.05, 4.69) is 4.98 Å². The van der Waals surface area contributed by atoms with Crippen LogP contribution in [0, 0.1) is 10.1 Å². The molecule has 0 bridgehead atoms. The van der Waals surface area contributed by atoms with Crippen molar-refractivity contribution in [3.8, 4) is 0 Å². The smallest absolute Gasteiger partial charge is 0.369 e. The van der Waals surface area contributed by atoms with Gasteiger partial charge in [-0.15, -0.1) is 0 Å². The lowest BCUT2D eigenvalue weighted by Gasteiger charge is -2.15. The Balaban J connectivity index is 2.99. The van der Waals surface area contributed by atoms with Gasteiger partial charge in [0.2, 0.25) is 0 Å². The predicted molar refractivity (Wildman–Crippen MR) is 54.1 cm³/mol. The van der Waals surface area contributed by atoms with Gasteiger partial charge in [0.05, 0.1) is 18.1 Å². The summed E-state index contributed by atoms with van der Waals surface area (Å²) in [5.41, 5.74) is -0.216. The van der Waals surface area contributed by atoms with Crippen LogP contribution >= 0.6 is 0 Å². The SMILES string of the molecule is O=C(O)CC(O)C(O)c1cccnc1[N+](=O)[O-]. The van der Waals surface area contributed by atoms with Crippen molar-refractivity contribution < 1.29 is 25.0 Å². The standard InChI is InChI=1S/C9H10N2O6/c12-6(4-7(13)14)8(15)5-2-1-3-10-9(5)11(16)17/h1-3,6,8,12,15H,4H2,(H,13,14). The van der Waals surface area contributed by atoms with Gasteiger partial charge in [-0.3, -0.25) is 4.79 Å². The molecule has 0 aliphatic carbocycles. The van der Waals surface area contributed by atoms with Gasteiger partial charge in [0.25, 0.3) is 0 Å². The highest BCUT2D eigenvalue weighted by molar-refractivity contribution is 5.67. The van der Waals surface area contributed by atoms with Gasteiger partial charge in [0, 0.05) is 0 Å². The molecule has 0 saturated carbocycles. The van der Waals surface area contributed by atoms with Crippen molar-refractivity contribution >= 4 is 11.8 Å². The summed E-state index contributed by atoms with van der Waals surface area (Å²) in [5, 5.41) is 38.0. The van der Waals surface area contributed by atoms with Gasteiger partial charge in [-0.1, -0.05) is 0 Å². The van der Waals surface area contributed by atoms with Gasteiger partial charge in [-0.25, -0.2) is 0 Å². The van der Waals surface area contributed by atoms with E-state index in [0.29, 0.717) is 0 Å². The van der Waals surface area contributed by atoms with Crippen LogP contribution in [0.5, 0.6) is 0 Å². The minimum Gasteiger partial charge on any atom is -0.481 e. The van der Waals surface area contributed by atoms with E-state index in [0.717, 1.165) is 6.20 Å². The van der Waals surface area contributed by atoms with Gasteiger partial charge in [0.15, 0.2) is 0 Å². The Morgan fingerprint density at radius 1 is 1.53 bits per heavy atom. The fraction of sp³-hybridized carbons (Fsp3) is 0.333. The van der Waals surface area contributed by atoms with Crippen molar-refractivity contribution in [1.29, 1.82) is 0 Å². The van der Waals surface area contributed by atoms with Crippen molar-refractivity contribution in [2.45, 2.75) is 18.6 Å². The van der Waals surface area contributed by atoms with Gasteiger partial charge in [-0.2, -0.15) is 0 Å². The van der Waals surface area contributed by atoms with Crippen LogP contribution in [0.4, 0.5) is 5.82 Å². The molecule has 17 heavy (non-hydrogen) atoms. The number of carboxylic acids is 1. The Bertz CT molecular complexity index is 435. The Morgan fingerprint density at radius 2 is 2.18 bits per heavy atom. The minimum absolute atomic E-state index is 0.216. The average molecular weight is 242 g/mol. The molecule has 1 aromatic heterocycles. The maximum absolute atomic E-state index is 10.6. The molecule has 0 aliphatic rings. The summed E-state index contributed by atoms with van der Waals surface area (Å²) in [6, 6.07) is 2.56. The van der Waals surface area contributed by atoms with Crippen LogP contribution in [0.2, 0.25) is 0 Å². The number of hydrogen-bond donors (Lipinski definition) is 3. The van der Waals surface area contributed by atoms with E-state index in [1.807, 2.05) is 0 Å². The van der Waals surface area contributed by atoms with Crippen LogP contribution in [0.25, 0.3) is 0 Å². The van der Waals surface area contributed by atoms with E-state index in [1.54, 1.807) is 0 Å². The van der Waals surface area contributed by atoms with Crippen molar-refractivity contribution in [1.82, 2.24) is 4.98 Å². The van der Waals surface area contributed by atoms with E-state index in [4.69, 9.17) is 5.11 Å². The largest absolute Gasteiger partial charge is 0.481 e. The third-order valence-corrected chi connectivity index (χ3v) is 2.06. The molecule has 0 amide bonds. The second-order valence-corrected chi connectivity index (χ2v) is 3.28. The van der Waals surface area contributed by atoms with Crippen LogP contribution in [0.3, 0.4) is 0 Å². The Kier molecular flexibility index (Phi) is 4.07. The number of nitrogens with zero attached hydrogens (tertiary/aromatic N) is 2. The summed E-state index contributed by atoms with van der Waals surface area (Å²) in [6.07, 6.45) is -2.85. The maximum Gasteiger partial charge on any atom is 0.369 e. The number of nitro groups is 1. The quantitative estimate of drug-likeness (QED) is 0.483. The number of aliphatic carboxylic acids is 1. The van der Waals surface area contributed by atoms with Crippen LogP contribution in [-0.4, -0.2) is 37.3 Å². The number of hydrogen-bond acceptors (Lipinski definition) is 6. The van der Waals surface area contributed by atoms with Crippen LogP contribution < -0.4 is 0 Å². The number of aliphatic hydroxyl groups excluding tert-OH is 2. The topological polar surface area (TPSA) is 134 Å². The zero-order chi connectivity index (χ0) is 13.0. The molecule has 2 unspecified atom stereocenters. The van der Waals surface area contributed by atoms with Crippen LogP contribution in [0.15, 0.2) is 18.3 Å². The first-order valence-electron chi connectivity index (χ1n) is 4.60. The van der Waals surface area contributed by atoms with E-state index >= 15 is 0 Å². The highest BCUT2D eigenvalue weighted by atomic mass is 16.6. The first kappa shape index (κ1) is 13.0.